The summed E-state index contributed by atoms with van der Waals surface area (Å²) >= 11 is 0. The van der Waals surface area contributed by atoms with Crippen LogP contribution in [0, 0.1) is 0 Å². The lowest BCUT2D eigenvalue weighted by atomic mass is 10.1. The Morgan fingerprint density at radius 2 is 2.00 bits per heavy atom. The van der Waals surface area contributed by atoms with E-state index >= 15 is 0 Å². The lowest BCUT2D eigenvalue weighted by molar-refractivity contribution is 0.319. The molecule has 0 aliphatic heterocycles. The van der Waals surface area contributed by atoms with E-state index in [0.29, 0.717) is 6.04 Å². The minimum Gasteiger partial charge on any atom is -0.491 e. The van der Waals surface area contributed by atoms with E-state index in [4.69, 9.17) is 10.5 Å². The Morgan fingerprint density at radius 3 is 2.63 bits per heavy atom. The van der Waals surface area contributed by atoms with Crippen molar-refractivity contribution in [1.82, 2.24) is 0 Å². The summed E-state index contributed by atoms with van der Waals surface area (Å²) in [6.07, 6.45) is 6.25. The van der Waals surface area contributed by atoms with Crippen LogP contribution in [0.3, 0.4) is 0 Å². The van der Waals surface area contributed by atoms with Gasteiger partial charge in [0.15, 0.2) is 0 Å². The van der Waals surface area contributed by atoms with Gasteiger partial charge in [0.05, 0.1) is 18.0 Å². The third kappa shape index (κ3) is 3.14. The van der Waals surface area contributed by atoms with E-state index in [2.05, 4.69) is 24.8 Å². The van der Waals surface area contributed by atoms with Crippen LogP contribution in [0.1, 0.15) is 46.0 Å². The van der Waals surface area contributed by atoms with E-state index in [0.717, 1.165) is 36.7 Å². The molecule has 19 heavy (non-hydrogen) atoms. The quantitative estimate of drug-likeness (QED) is 0.792. The van der Waals surface area contributed by atoms with Crippen LogP contribution >= 0.6 is 0 Å². The van der Waals surface area contributed by atoms with Gasteiger partial charge in [-0.3, -0.25) is 0 Å². The second-order valence-corrected chi connectivity index (χ2v) is 5.26. The molecular weight excluding hydrogens is 236 g/mol. The molecule has 0 atom stereocenters. The van der Waals surface area contributed by atoms with Crippen molar-refractivity contribution in [2.45, 2.75) is 52.0 Å². The lowest BCUT2D eigenvalue weighted by Crippen LogP contribution is -2.33. The van der Waals surface area contributed by atoms with E-state index < -0.39 is 0 Å². The molecular formula is C16H26N2O. The van der Waals surface area contributed by atoms with Crippen LogP contribution < -0.4 is 15.4 Å². The third-order valence-electron chi connectivity index (χ3n) is 3.92. The van der Waals surface area contributed by atoms with Crippen molar-refractivity contribution in [3.63, 3.8) is 0 Å². The largest absolute Gasteiger partial charge is 0.491 e. The molecule has 0 radical (unpaired) electrons. The van der Waals surface area contributed by atoms with Crippen molar-refractivity contribution in [1.29, 1.82) is 0 Å². The summed E-state index contributed by atoms with van der Waals surface area (Å²) < 4.78 is 5.73. The van der Waals surface area contributed by atoms with Crippen LogP contribution in [-0.2, 0) is 0 Å². The zero-order chi connectivity index (χ0) is 13.7. The molecule has 0 unspecified atom stereocenters. The fourth-order valence-corrected chi connectivity index (χ4v) is 2.96. The Morgan fingerprint density at radius 1 is 1.26 bits per heavy atom. The Balaban J connectivity index is 2.21. The predicted octanol–water partition coefficient (Wildman–Crippen LogP) is 3.83. The Bertz CT molecular complexity index is 400. The molecule has 1 fully saturated rings. The maximum absolute atomic E-state index is 6.30. The number of nitrogens with zero attached hydrogens (tertiary/aromatic N) is 1. The molecule has 0 aromatic heterocycles. The molecule has 1 aliphatic rings. The predicted molar refractivity (Wildman–Crippen MR) is 81.9 cm³/mol. The van der Waals surface area contributed by atoms with Crippen LogP contribution in [0.2, 0.25) is 0 Å². The molecule has 2 rings (SSSR count). The monoisotopic (exact) mass is 262 g/mol. The van der Waals surface area contributed by atoms with E-state index in [1.807, 2.05) is 12.1 Å². The topological polar surface area (TPSA) is 38.5 Å². The second-order valence-electron chi connectivity index (χ2n) is 5.26. The molecule has 1 aromatic rings. The van der Waals surface area contributed by atoms with Gasteiger partial charge in [0.25, 0.3) is 0 Å². The van der Waals surface area contributed by atoms with Crippen LogP contribution in [0.15, 0.2) is 18.2 Å². The first kappa shape index (κ1) is 14.0. The number of anilines is 2. The van der Waals surface area contributed by atoms with Gasteiger partial charge in [0.2, 0.25) is 0 Å². The van der Waals surface area contributed by atoms with Gasteiger partial charge in [-0.2, -0.15) is 0 Å². The number of nitrogen functional groups attached to an aromatic ring is 1. The third-order valence-corrected chi connectivity index (χ3v) is 3.92. The minimum absolute atomic E-state index is 0.647. The summed E-state index contributed by atoms with van der Waals surface area (Å²) in [6, 6.07) is 6.79. The normalized spacial score (nSPS) is 15.7. The van der Waals surface area contributed by atoms with E-state index in [1.165, 1.54) is 25.7 Å². The summed E-state index contributed by atoms with van der Waals surface area (Å²) in [5.74, 6) is 0.829. The number of nitrogens with two attached hydrogens (primary N) is 1. The Kier molecular flexibility index (Phi) is 4.94. The highest BCUT2D eigenvalue weighted by Gasteiger charge is 2.23. The van der Waals surface area contributed by atoms with E-state index in [1.54, 1.807) is 0 Å². The fraction of sp³-hybridized carbons (Fsp3) is 0.625. The van der Waals surface area contributed by atoms with Gasteiger partial charge < -0.3 is 15.4 Å². The molecule has 0 spiro atoms. The van der Waals surface area contributed by atoms with Crippen molar-refractivity contribution < 1.29 is 4.74 Å². The first-order valence-corrected chi connectivity index (χ1v) is 7.55. The molecule has 1 saturated carbocycles. The zero-order valence-corrected chi connectivity index (χ0v) is 12.2. The van der Waals surface area contributed by atoms with Gasteiger partial charge in [-0.15, -0.1) is 0 Å². The van der Waals surface area contributed by atoms with Gasteiger partial charge in [-0.05, 0) is 38.3 Å². The summed E-state index contributed by atoms with van der Waals surface area (Å²) in [7, 11) is 0. The van der Waals surface area contributed by atoms with Gasteiger partial charge in [0.1, 0.15) is 5.75 Å². The molecule has 0 bridgehead atoms. The summed E-state index contributed by atoms with van der Waals surface area (Å²) in [6.45, 7) is 6.05. The average molecular weight is 262 g/mol. The minimum atomic E-state index is 0.647. The van der Waals surface area contributed by atoms with E-state index in [-0.39, 0.29) is 0 Å². The van der Waals surface area contributed by atoms with Crippen molar-refractivity contribution in [3.05, 3.63) is 18.2 Å². The van der Waals surface area contributed by atoms with Crippen LogP contribution in [-0.4, -0.2) is 19.2 Å². The summed E-state index contributed by atoms with van der Waals surface area (Å²) in [5, 5.41) is 0. The first-order valence-electron chi connectivity index (χ1n) is 7.55. The Labute approximate surface area is 116 Å². The molecule has 1 aliphatic carbocycles. The number of para-hydroxylation sites is 1. The van der Waals surface area contributed by atoms with Crippen LogP contribution in [0.5, 0.6) is 5.75 Å². The fourth-order valence-electron chi connectivity index (χ4n) is 2.96. The SMILES string of the molecule is CCCOc1cccc(N(CC)C2CCCC2)c1N. The van der Waals surface area contributed by atoms with Gasteiger partial charge in [-0.25, -0.2) is 0 Å². The maximum Gasteiger partial charge on any atom is 0.144 e. The average Bonchev–Trinajstić information content (AvgIpc) is 2.94. The first-order chi connectivity index (χ1) is 9.27. The smallest absolute Gasteiger partial charge is 0.144 e. The highest BCUT2D eigenvalue weighted by atomic mass is 16.5. The molecule has 0 heterocycles. The van der Waals surface area contributed by atoms with Gasteiger partial charge in [-0.1, -0.05) is 25.8 Å². The molecule has 0 amide bonds. The molecule has 3 nitrogen and oxygen atoms in total. The highest BCUT2D eigenvalue weighted by Crippen LogP contribution is 2.36. The van der Waals surface area contributed by atoms with Crippen molar-refractivity contribution in [2.24, 2.45) is 0 Å². The van der Waals surface area contributed by atoms with Crippen LogP contribution in [0.4, 0.5) is 11.4 Å². The molecule has 3 heteroatoms. The number of hydrogen-bond acceptors (Lipinski definition) is 3. The zero-order valence-electron chi connectivity index (χ0n) is 12.2. The number of hydrogen-bond donors (Lipinski definition) is 1. The number of ether oxygens (including phenoxy) is 1. The summed E-state index contributed by atoms with van der Waals surface area (Å²) in [5.41, 5.74) is 8.24. The van der Waals surface area contributed by atoms with E-state index in [9.17, 15) is 0 Å². The summed E-state index contributed by atoms with van der Waals surface area (Å²) in [4.78, 5) is 2.45. The Hall–Kier alpha value is -1.38. The standard InChI is InChI=1S/C16H26N2O/c1-3-12-19-15-11-7-10-14(16(15)17)18(4-2)13-8-5-6-9-13/h7,10-11,13H,3-6,8-9,12,17H2,1-2H3. The maximum atomic E-state index is 6.30. The molecule has 1 aromatic carbocycles. The lowest BCUT2D eigenvalue weighted by Gasteiger charge is -2.31. The van der Waals surface area contributed by atoms with Crippen molar-refractivity contribution >= 4 is 11.4 Å². The van der Waals surface area contributed by atoms with Gasteiger partial charge in [0, 0.05) is 12.6 Å². The molecule has 0 saturated heterocycles. The van der Waals surface area contributed by atoms with Crippen molar-refractivity contribution in [3.8, 4) is 5.75 Å². The number of benzene rings is 1. The second kappa shape index (κ2) is 6.69. The molecule has 106 valence electrons. The van der Waals surface area contributed by atoms with Crippen LogP contribution in [0.25, 0.3) is 0 Å². The van der Waals surface area contributed by atoms with Gasteiger partial charge >= 0.3 is 0 Å². The molecule has 2 N–H and O–H groups in total. The number of rotatable bonds is 6. The highest BCUT2D eigenvalue weighted by molar-refractivity contribution is 5.74. The van der Waals surface area contributed by atoms with Crippen molar-refractivity contribution in [2.75, 3.05) is 23.8 Å².